The Morgan fingerprint density at radius 1 is 0.942 bits per heavy atom. The molecule has 18 heteroatoms. The fourth-order valence-corrected chi connectivity index (χ4v) is 18.5. The maximum atomic E-state index is 15.9. The van der Waals surface area contributed by atoms with Gasteiger partial charge in [-0.3, -0.25) is 24.1 Å². The maximum Gasteiger partial charge on any atom is 0.407 e. The molecule has 12 rings (SSSR count). The number of rotatable bonds is 3. The Hall–Kier alpha value is -3.32. The van der Waals surface area contributed by atoms with Gasteiger partial charge in [0.15, 0.2) is 15.8 Å². The first-order valence-electron chi connectivity index (χ1n) is 16.9. The molecule has 2 aromatic rings. The van der Waals surface area contributed by atoms with E-state index in [0.29, 0.717) is 22.4 Å². The summed E-state index contributed by atoms with van der Waals surface area (Å²) in [5.41, 5.74) is -1.62. The van der Waals surface area contributed by atoms with Gasteiger partial charge < -0.3 is 35.2 Å². The van der Waals surface area contributed by atoms with Crippen LogP contribution in [0.2, 0.25) is 0 Å². The standard InChI is InChI=1S/C34H33FN6O7S4/c1-6-30-25(44)40-20-13-15-11-12-16(35)14-18(15)31(20,21(42)33(40,51-50-30)26(45)39(30)5)32-17-9-7-8-10-19(17)37-23(32)41-24(43)29(2)38(4)27(46)34(41,52-49-29)22(32)48-28(47)36-3/h7-12,14,20-23,37,42H,6,13H2,1-5H3,(H,36,47)/t20-,21-,22-,23+,29-,30-,31-,32+,33-,34-/m0/s1. The minimum atomic E-state index is -1.88. The van der Waals surface area contributed by atoms with Crippen LogP contribution in [0.5, 0.6) is 0 Å². The number of ether oxygens (including phenoxy) is 1. The van der Waals surface area contributed by atoms with Crippen LogP contribution in [0.4, 0.5) is 14.9 Å². The zero-order valence-corrected chi connectivity index (χ0v) is 31.7. The minimum Gasteiger partial charge on any atom is -0.441 e. The van der Waals surface area contributed by atoms with Gasteiger partial charge in [-0.05, 0) is 76.2 Å². The highest BCUT2D eigenvalue weighted by atomic mass is 33.1. The van der Waals surface area contributed by atoms with Crippen molar-refractivity contribution in [1.29, 1.82) is 0 Å². The van der Waals surface area contributed by atoms with Crippen molar-refractivity contribution in [3.8, 4) is 0 Å². The van der Waals surface area contributed by atoms with Crippen LogP contribution in [0.3, 0.4) is 0 Å². The van der Waals surface area contributed by atoms with Crippen LogP contribution >= 0.6 is 43.2 Å². The number of piperazine rings is 2. The highest BCUT2D eigenvalue weighted by Crippen LogP contribution is 2.79. The molecule has 4 bridgehead atoms. The van der Waals surface area contributed by atoms with E-state index in [4.69, 9.17) is 4.74 Å². The third kappa shape index (κ3) is 2.98. The zero-order valence-electron chi connectivity index (χ0n) is 28.5. The quantitative estimate of drug-likeness (QED) is 0.393. The molecule has 10 aliphatic rings. The van der Waals surface area contributed by atoms with E-state index in [1.165, 1.54) is 60.4 Å². The molecule has 9 heterocycles. The number of nitrogens with one attached hydrogen (secondary N) is 2. The van der Waals surface area contributed by atoms with E-state index in [1.807, 2.05) is 6.92 Å². The van der Waals surface area contributed by atoms with Crippen molar-refractivity contribution in [3.63, 3.8) is 0 Å². The molecule has 1 aliphatic carbocycles. The van der Waals surface area contributed by atoms with Crippen LogP contribution in [0.15, 0.2) is 42.5 Å². The summed E-state index contributed by atoms with van der Waals surface area (Å²) in [6.45, 7) is 3.50. The molecule has 3 N–H and O–H groups in total. The Kier molecular flexibility index (Phi) is 6.30. The van der Waals surface area contributed by atoms with E-state index in [0.717, 1.165) is 21.6 Å². The van der Waals surface area contributed by atoms with E-state index in [2.05, 4.69) is 10.6 Å². The molecule has 2 spiro atoms. The Labute approximate surface area is 313 Å². The Morgan fingerprint density at radius 3 is 2.38 bits per heavy atom. The summed E-state index contributed by atoms with van der Waals surface area (Å²) in [5, 5.41) is 19.6. The summed E-state index contributed by atoms with van der Waals surface area (Å²) in [6, 6.07) is 10.5. The van der Waals surface area contributed by atoms with Crippen LogP contribution in [0.1, 0.15) is 37.0 Å². The smallest absolute Gasteiger partial charge is 0.407 e. The number of alkyl carbamates (subject to hydrolysis) is 1. The lowest BCUT2D eigenvalue weighted by atomic mass is 9.51. The average molecular weight is 785 g/mol. The Bertz CT molecular complexity index is 2120. The summed E-state index contributed by atoms with van der Waals surface area (Å²) < 4.78 is 22.4. The lowest BCUT2D eigenvalue weighted by Crippen LogP contribution is -2.77. The molecule has 8 fully saturated rings. The van der Waals surface area contributed by atoms with E-state index in [1.54, 1.807) is 51.4 Å². The van der Waals surface area contributed by atoms with Crippen molar-refractivity contribution >= 4 is 78.6 Å². The number of aliphatic hydroxyl groups is 1. The van der Waals surface area contributed by atoms with Gasteiger partial charge in [-0.1, -0.05) is 52.8 Å². The monoisotopic (exact) mass is 784 g/mol. The van der Waals surface area contributed by atoms with Gasteiger partial charge in [0, 0.05) is 26.8 Å². The second-order valence-corrected chi connectivity index (χ2v) is 20.1. The fraction of sp³-hybridized carbons (Fsp3) is 0.500. The molecule has 10 atom stereocenters. The molecule has 13 nitrogen and oxygen atoms in total. The van der Waals surface area contributed by atoms with Gasteiger partial charge in [0.2, 0.25) is 9.74 Å². The van der Waals surface area contributed by atoms with Crippen LogP contribution in [0.25, 0.3) is 0 Å². The number of likely N-dealkylation sites (N-methyl/N-ethyl adjacent to an activating group) is 2. The summed E-state index contributed by atoms with van der Waals surface area (Å²) in [4.78, 5) is 73.2. The van der Waals surface area contributed by atoms with Crippen molar-refractivity contribution in [2.24, 2.45) is 0 Å². The molecule has 5 amide bonds. The predicted octanol–water partition coefficient (Wildman–Crippen LogP) is 2.40. The van der Waals surface area contributed by atoms with Crippen molar-refractivity contribution in [1.82, 2.24) is 24.9 Å². The fourth-order valence-electron chi connectivity index (χ4n) is 10.9. The number of para-hydroxylation sites is 1. The van der Waals surface area contributed by atoms with Crippen LogP contribution in [0, 0.1) is 5.82 Å². The molecule has 0 radical (unpaired) electrons. The highest BCUT2D eigenvalue weighted by molar-refractivity contribution is 8.78. The number of nitrogens with zero attached hydrogens (tertiary/aromatic N) is 4. The lowest BCUT2D eigenvalue weighted by molar-refractivity contribution is -0.168. The van der Waals surface area contributed by atoms with Crippen LogP contribution in [-0.2, 0) is 41.2 Å². The number of hydrogen-bond acceptors (Lipinski definition) is 12. The van der Waals surface area contributed by atoms with E-state index in [-0.39, 0.29) is 18.7 Å². The number of aliphatic hydroxyl groups excluding tert-OH is 1. The zero-order chi connectivity index (χ0) is 36.7. The van der Waals surface area contributed by atoms with Gasteiger partial charge in [0.1, 0.15) is 18.1 Å². The molecule has 9 aliphatic heterocycles. The highest BCUT2D eigenvalue weighted by Gasteiger charge is 2.93. The first-order valence-corrected chi connectivity index (χ1v) is 21.2. The number of hydrogen-bond donors (Lipinski definition) is 3. The third-order valence-corrected chi connectivity index (χ3v) is 20.7. The summed E-state index contributed by atoms with van der Waals surface area (Å²) in [6.07, 6.45) is -4.94. The van der Waals surface area contributed by atoms with Gasteiger partial charge in [0.05, 0.1) is 16.9 Å². The topological polar surface area (TPSA) is 152 Å². The number of carbonyl (C=O) groups excluding carboxylic acids is 5. The van der Waals surface area contributed by atoms with Crippen LogP contribution < -0.4 is 10.6 Å². The Morgan fingerprint density at radius 2 is 1.65 bits per heavy atom. The number of halogens is 1. The number of anilines is 1. The largest absolute Gasteiger partial charge is 0.441 e. The number of amides is 5. The van der Waals surface area contributed by atoms with Gasteiger partial charge in [-0.2, -0.15) is 0 Å². The molecule has 0 unspecified atom stereocenters. The molecular formula is C34H33FN6O7S4. The first kappa shape index (κ1) is 33.3. The van der Waals surface area contributed by atoms with Crippen molar-refractivity contribution < 1.29 is 38.2 Å². The first-order chi connectivity index (χ1) is 24.7. The minimum absolute atomic E-state index is 0.125. The molecular weight excluding hydrogens is 752 g/mol. The van der Waals surface area contributed by atoms with Crippen molar-refractivity contribution in [2.75, 3.05) is 26.5 Å². The summed E-state index contributed by atoms with van der Waals surface area (Å²) in [5.74, 6) is -2.37. The van der Waals surface area contributed by atoms with E-state index in [9.17, 15) is 14.7 Å². The number of benzene rings is 2. The molecule has 0 saturated carbocycles. The second-order valence-electron chi connectivity index (χ2n) is 14.7. The lowest BCUT2D eigenvalue weighted by Gasteiger charge is -2.59. The molecule has 52 heavy (non-hydrogen) atoms. The molecule has 0 aromatic heterocycles. The SMILES string of the molecule is CC[C@@]12SS[C@]3(C(=O)N1C)[C@@H](O)[C@]1([C@@]45c6ccccc6N[C@@H]4N4C(=O)[C@]6(C)SS[C@]4(C(=O)N6C)[C@H]5OC(=O)NC)c4cc(F)ccc4C[C@@H]1N3C2=O. The Balaban J connectivity index is 1.38. The molecule has 2 aromatic carbocycles. The van der Waals surface area contributed by atoms with Gasteiger partial charge in [-0.25, -0.2) is 9.18 Å². The normalized spacial score (nSPS) is 42.9. The van der Waals surface area contributed by atoms with Gasteiger partial charge >= 0.3 is 6.09 Å². The van der Waals surface area contributed by atoms with E-state index >= 15 is 18.8 Å². The summed E-state index contributed by atoms with van der Waals surface area (Å²) >= 11 is 0. The maximum absolute atomic E-state index is 15.9. The number of carbonyl (C=O) groups is 5. The van der Waals surface area contributed by atoms with Gasteiger partial charge in [0.25, 0.3) is 23.6 Å². The molecule has 272 valence electrons. The third-order valence-electron chi connectivity index (χ3n) is 13.2. The number of fused-ring (bicyclic) bond motifs is 11. The molecule has 8 saturated heterocycles. The summed E-state index contributed by atoms with van der Waals surface area (Å²) in [7, 11) is 9.14. The second kappa shape index (κ2) is 9.85. The van der Waals surface area contributed by atoms with Gasteiger partial charge in [-0.15, -0.1) is 0 Å². The van der Waals surface area contributed by atoms with Crippen LogP contribution in [-0.4, -0.2) is 119 Å². The van der Waals surface area contributed by atoms with Crippen molar-refractivity contribution in [3.05, 3.63) is 65.0 Å². The average Bonchev–Trinajstić information content (AvgIpc) is 3.79. The van der Waals surface area contributed by atoms with E-state index < -0.39 is 84.4 Å². The van der Waals surface area contributed by atoms with Crippen molar-refractivity contribution in [2.45, 2.75) is 81.4 Å². The predicted molar refractivity (Wildman–Crippen MR) is 193 cm³/mol.